The van der Waals surface area contributed by atoms with Gasteiger partial charge in [0.25, 0.3) is 5.56 Å². The summed E-state index contributed by atoms with van der Waals surface area (Å²) in [7, 11) is 1.65. The second-order valence-corrected chi connectivity index (χ2v) is 8.06. The number of ether oxygens (including phenoxy) is 1. The Morgan fingerprint density at radius 1 is 1.10 bits per heavy atom. The number of unbranched alkanes of at least 4 members (excludes halogenated alkanes) is 5. The Morgan fingerprint density at radius 2 is 1.81 bits per heavy atom. The van der Waals surface area contributed by atoms with Crippen molar-refractivity contribution in [2.75, 3.05) is 20.3 Å². The van der Waals surface area contributed by atoms with Crippen LogP contribution in [0.1, 0.15) is 84.0 Å². The molecular weight excluding hydrogens is 390 g/mol. The minimum Gasteiger partial charge on any atom is -0.383 e. The number of fused-ring (bicyclic) bond motifs is 1. The van der Waals surface area contributed by atoms with Gasteiger partial charge in [0, 0.05) is 26.6 Å². The highest BCUT2D eigenvalue weighted by Gasteiger charge is 2.27. The summed E-state index contributed by atoms with van der Waals surface area (Å²) in [5.74, 6) is 0.783. The first-order chi connectivity index (χ1) is 15.1. The van der Waals surface area contributed by atoms with Crippen molar-refractivity contribution in [3.63, 3.8) is 0 Å². The molecule has 1 aromatic heterocycles. The highest BCUT2D eigenvalue weighted by Crippen LogP contribution is 2.25. The molecule has 0 aliphatic heterocycles. The number of nitrogens with zero attached hydrogens (tertiary/aromatic N) is 3. The summed E-state index contributed by atoms with van der Waals surface area (Å²) in [6.45, 7) is 7.68. The molecule has 6 heteroatoms. The van der Waals surface area contributed by atoms with Gasteiger partial charge in [-0.05, 0) is 31.9 Å². The molecule has 2 rings (SSSR count). The van der Waals surface area contributed by atoms with Crippen LogP contribution in [-0.4, -0.2) is 40.6 Å². The van der Waals surface area contributed by atoms with Gasteiger partial charge < -0.3 is 9.64 Å². The number of amides is 1. The maximum atomic E-state index is 13.2. The molecule has 0 fully saturated rings. The summed E-state index contributed by atoms with van der Waals surface area (Å²) < 4.78 is 7.01. The van der Waals surface area contributed by atoms with E-state index in [0.29, 0.717) is 49.3 Å². The monoisotopic (exact) mass is 429 g/mol. The number of hydrogen-bond donors (Lipinski definition) is 0. The number of methoxy groups -OCH3 is 1. The van der Waals surface area contributed by atoms with Gasteiger partial charge in [-0.25, -0.2) is 4.98 Å². The highest BCUT2D eigenvalue weighted by molar-refractivity contribution is 5.78. The predicted molar refractivity (Wildman–Crippen MR) is 126 cm³/mol. The Labute approximate surface area is 186 Å². The lowest BCUT2D eigenvalue weighted by molar-refractivity contribution is -0.135. The van der Waals surface area contributed by atoms with E-state index in [4.69, 9.17) is 9.72 Å². The second-order valence-electron chi connectivity index (χ2n) is 8.06. The van der Waals surface area contributed by atoms with E-state index < -0.39 is 0 Å². The fourth-order valence-electron chi connectivity index (χ4n) is 4.13. The van der Waals surface area contributed by atoms with Crippen LogP contribution in [0.2, 0.25) is 0 Å². The zero-order chi connectivity index (χ0) is 22.6. The molecule has 0 saturated carbocycles. The maximum Gasteiger partial charge on any atom is 0.261 e. The molecule has 6 nitrogen and oxygen atoms in total. The van der Waals surface area contributed by atoms with E-state index >= 15 is 0 Å². The van der Waals surface area contributed by atoms with E-state index in [1.807, 2.05) is 43.0 Å². The van der Waals surface area contributed by atoms with Crippen molar-refractivity contribution in [1.82, 2.24) is 14.5 Å². The molecule has 0 aliphatic carbocycles. The van der Waals surface area contributed by atoms with Crippen molar-refractivity contribution in [3.05, 3.63) is 40.4 Å². The molecule has 0 spiro atoms. The summed E-state index contributed by atoms with van der Waals surface area (Å²) in [5.41, 5.74) is 0.636. The smallest absolute Gasteiger partial charge is 0.261 e. The molecule has 31 heavy (non-hydrogen) atoms. The first-order valence-electron chi connectivity index (χ1n) is 11.9. The van der Waals surface area contributed by atoms with Crippen molar-refractivity contribution in [2.24, 2.45) is 0 Å². The Morgan fingerprint density at radius 3 is 2.48 bits per heavy atom. The van der Waals surface area contributed by atoms with Gasteiger partial charge in [0.05, 0.1) is 23.6 Å². The highest BCUT2D eigenvalue weighted by atomic mass is 16.5. The van der Waals surface area contributed by atoms with Gasteiger partial charge in [-0.2, -0.15) is 0 Å². The molecule has 0 bridgehead atoms. The number of aromatic nitrogens is 2. The van der Waals surface area contributed by atoms with E-state index in [1.165, 1.54) is 25.7 Å². The summed E-state index contributed by atoms with van der Waals surface area (Å²) in [6, 6.07) is 7.18. The van der Waals surface area contributed by atoms with Crippen LogP contribution < -0.4 is 5.56 Å². The molecule has 1 amide bonds. The van der Waals surface area contributed by atoms with E-state index in [0.717, 1.165) is 12.8 Å². The third-order valence-electron chi connectivity index (χ3n) is 5.87. The molecule has 0 N–H and O–H groups in total. The summed E-state index contributed by atoms with van der Waals surface area (Å²) in [4.78, 5) is 33.0. The van der Waals surface area contributed by atoms with Crippen molar-refractivity contribution < 1.29 is 9.53 Å². The molecule has 1 heterocycles. The molecule has 2 aromatic rings. The van der Waals surface area contributed by atoms with Gasteiger partial charge in [0.2, 0.25) is 5.91 Å². The van der Waals surface area contributed by atoms with Gasteiger partial charge >= 0.3 is 0 Å². The van der Waals surface area contributed by atoms with Crippen molar-refractivity contribution in [1.29, 1.82) is 0 Å². The van der Waals surface area contributed by atoms with Crippen LogP contribution >= 0.6 is 0 Å². The van der Waals surface area contributed by atoms with Crippen LogP contribution in [0.3, 0.4) is 0 Å². The van der Waals surface area contributed by atoms with Crippen LogP contribution in [0.15, 0.2) is 29.1 Å². The fraction of sp³-hybridized carbons (Fsp3) is 0.640. The lowest BCUT2D eigenvalue weighted by atomic mass is 10.1. The average Bonchev–Trinajstić information content (AvgIpc) is 2.79. The standard InChI is InChI=1S/C25H39N3O3/c1-5-8-9-10-11-12-17-23(29)28(18-19-31-4)22(6-2)24-26-21-16-14-13-15-20(21)25(30)27(24)7-3/h13-16,22H,5-12,17-19H2,1-4H3. The lowest BCUT2D eigenvalue weighted by Gasteiger charge is -2.32. The van der Waals surface area contributed by atoms with Gasteiger partial charge in [-0.3, -0.25) is 14.2 Å². The zero-order valence-electron chi connectivity index (χ0n) is 19.7. The fourth-order valence-corrected chi connectivity index (χ4v) is 4.13. The van der Waals surface area contributed by atoms with Gasteiger partial charge in [-0.1, -0.05) is 58.1 Å². The molecule has 1 atom stereocenters. The number of carbonyl (C=O) groups excluding carboxylic acids is 1. The SMILES string of the molecule is CCCCCCCCC(=O)N(CCOC)C(CC)c1nc2ccccc2c(=O)n1CC. The Bertz CT molecular complexity index is 878. The molecule has 0 saturated heterocycles. The molecule has 1 aromatic carbocycles. The molecule has 0 aliphatic rings. The first kappa shape index (κ1) is 25.1. The quantitative estimate of drug-likeness (QED) is 0.392. The summed E-state index contributed by atoms with van der Waals surface area (Å²) in [5, 5.41) is 0.616. The normalized spacial score (nSPS) is 12.3. The number of rotatable bonds is 14. The molecule has 172 valence electrons. The van der Waals surface area contributed by atoms with Gasteiger partial charge in [-0.15, -0.1) is 0 Å². The van der Waals surface area contributed by atoms with E-state index in [-0.39, 0.29) is 17.5 Å². The van der Waals surface area contributed by atoms with Crippen LogP contribution in [0.25, 0.3) is 10.9 Å². The van der Waals surface area contributed by atoms with E-state index in [2.05, 4.69) is 6.92 Å². The molecular formula is C25H39N3O3. The third kappa shape index (κ3) is 6.63. The number of para-hydroxylation sites is 1. The van der Waals surface area contributed by atoms with Crippen LogP contribution in [0.5, 0.6) is 0 Å². The van der Waals surface area contributed by atoms with E-state index in [9.17, 15) is 9.59 Å². The Balaban J connectivity index is 2.29. The topological polar surface area (TPSA) is 64.4 Å². The predicted octanol–water partition coefficient (Wildman–Crippen LogP) is 5.09. The maximum absolute atomic E-state index is 13.2. The first-order valence-corrected chi connectivity index (χ1v) is 11.9. The van der Waals surface area contributed by atoms with Crippen molar-refractivity contribution in [3.8, 4) is 0 Å². The largest absolute Gasteiger partial charge is 0.383 e. The van der Waals surface area contributed by atoms with Crippen molar-refractivity contribution >= 4 is 16.8 Å². The number of hydrogen-bond acceptors (Lipinski definition) is 4. The van der Waals surface area contributed by atoms with Gasteiger partial charge in [0.1, 0.15) is 5.82 Å². The van der Waals surface area contributed by atoms with E-state index in [1.54, 1.807) is 11.7 Å². The van der Waals surface area contributed by atoms with Crippen LogP contribution in [-0.2, 0) is 16.1 Å². The number of benzene rings is 1. The second kappa shape index (κ2) is 13.3. The molecule has 0 radical (unpaired) electrons. The minimum absolute atomic E-state index is 0.0448. The Hall–Kier alpha value is -2.21. The Kier molecular flexibility index (Phi) is 10.7. The van der Waals surface area contributed by atoms with Crippen molar-refractivity contribution in [2.45, 2.75) is 84.7 Å². The summed E-state index contributed by atoms with van der Waals surface area (Å²) >= 11 is 0. The van der Waals surface area contributed by atoms with Crippen LogP contribution in [0, 0.1) is 0 Å². The lowest BCUT2D eigenvalue weighted by Crippen LogP contribution is -2.40. The van der Waals surface area contributed by atoms with Gasteiger partial charge in [0.15, 0.2) is 0 Å². The number of carbonyl (C=O) groups is 1. The minimum atomic E-state index is -0.250. The third-order valence-corrected chi connectivity index (χ3v) is 5.87. The zero-order valence-corrected chi connectivity index (χ0v) is 19.7. The average molecular weight is 430 g/mol. The van der Waals surface area contributed by atoms with Crippen LogP contribution in [0.4, 0.5) is 0 Å². The molecule has 1 unspecified atom stereocenters. The summed E-state index contributed by atoms with van der Waals surface area (Å²) in [6.07, 6.45) is 8.08.